The van der Waals surface area contributed by atoms with Crippen LogP contribution in [0.4, 0.5) is 0 Å². The average Bonchev–Trinajstić information content (AvgIpc) is 2.65. The van der Waals surface area contributed by atoms with E-state index < -0.39 is 0 Å². The number of rotatable bonds is 2. The van der Waals surface area contributed by atoms with Crippen LogP contribution in [-0.2, 0) is 0 Å². The Morgan fingerprint density at radius 2 is 2.43 bits per heavy atom. The number of nitrogens with one attached hydrogen (secondary N) is 1. The molecule has 0 bridgehead atoms. The second-order valence-corrected chi connectivity index (χ2v) is 5.44. The lowest BCUT2D eigenvalue weighted by molar-refractivity contribution is 0.0953. The molecule has 2 heterocycles. The fourth-order valence-corrected chi connectivity index (χ4v) is 3.01. The maximum Gasteiger partial charge on any atom is 0.0932 e. The van der Waals surface area contributed by atoms with Gasteiger partial charge in [0.15, 0.2) is 0 Å². The Labute approximate surface area is 92.9 Å². The quantitative estimate of drug-likeness (QED) is 0.820. The number of aliphatic hydroxyl groups excluding tert-OH is 1. The van der Waals surface area contributed by atoms with Gasteiger partial charge in [-0.3, -0.25) is 0 Å². The van der Waals surface area contributed by atoms with Crippen LogP contribution in [-0.4, -0.2) is 18.2 Å². The van der Waals surface area contributed by atoms with Gasteiger partial charge in [0.1, 0.15) is 0 Å². The molecule has 1 aliphatic rings. The molecule has 0 amide bonds. The number of hydrogen-bond donors (Lipinski definition) is 2. The summed E-state index contributed by atoms with van der Waals surface area (Å²) in [6, 6.07) is 3.77. The van der Waals surface area contributed by atoms with Gasteiger partial charge in [-0.05, 0) is 31.5 Å². The third-order valence-electron chi connectivity index (χ3n) is 2.67. The van der Waals surface area contributed by atoms with E-state index in [1.807, 2.05) is 12.1 Å². The fraction of sp³-hybridized carbons (Fsp3) is 0.600. The van der Waals surface area contributed by atoms with E-state index in [0.717, 1.165) is 35.1 Å². The summed E-state index contributed by atoms with van der Waals surface area (Å²) in [7, 11) is 0. The van der Waals surface area contributed by atoms with Gasteiger partial charge < -0.3 is 10.4 Å². The van der Waals surface area contributed by atoms with Crippen molar-refractivity contribution in [2.45, 2.75) is 18.9 Å². The number of aliphatic hydroxyl groups is 1. The van der Waals surface area contributed by atoms with E-state index in [1.54, 1.807) is 0 Å². The Balaban J connectivity index is 2.03. The van der Waals surface area contributed by atoms with Crippen molar-refractivity contribution in [3.8, 4) is 0 Å². The molecule has 1 aliphatic heterocycles. The zero-order valence-electron chi connectivity index (χ0n) is 7.87. The third kappa shape index (κ3) is 2.28. The molecule has 0 radical (unpaired) electrons. The molecule has 2 N–H and O–H groups in total. The van der Waals surface area contributed by atoms with E-state index >= 15 is 0 Å². The molecule has 4 heteroatoms. The number of halogens is 1. The molecule has 0 aromatic carbocycles. The van der Waals surface area contributed by atoms with Crippen LogP contribution in [0, 0.1) is 5.92 Å². The monoisotopic (exact) mass is 231 g/mol. The second kappa shape index (κ2) is 4.62. The lowest BCUT2D eigenvalue weighted by Gasteiger charge is -2.26. The lowest BCUT2D eigenvalue weighted by atomic mass is 9.93. The molecule has 2 atom stereocenters. The Hall–Kier alpha value is -0.0900. The van der Waals surface area contributed by atoms with E-state index in [9.17, 15) is 5.11 Å². The highest BCUT2D eigenvalue weighted by Crippen LogP contribution is 2.33. The van der Waals surface area contributed by atoms with Crippen molar-refractivity contribution in [3.63, 3.8) is 0 Å². The maximum atomic E-state index is 10.1. The van der Waals surface area contributed by atoms with Crippen molar-refractivity contribution >= 4 is 22.9 Å². The van der Waals surface area contributed by atoms with Crippen molar-refractivity contribution in [3.05, 3.63) is 21.3 Å². The van der Waals surface area contributed by atoms with Gasteiger partial charge in [0.05, 0.1) is 10.4 Å². The molecule has 1 fully saturated rings. The Kier molecular flexibility index (Phi) is 3.44. The predicted octanol–water partition coefficient (Wildman–Crippen LogP) is 2.43. The minimum atomic E-state index is -0.347. The van der Waals surface area contributed by atoms with Gasteiger partial charge >= 0.3 is 0 Å². The van der Waals surface area contributed by atoms with Crippen LogP contribution in [0.2, 0.25) is 4.34 Å². The third-order valence-corrected chi connectivity index (χ3v) is 3.97. The van der Waals surface area contributed by atoms with Crippen molar-refractivity contribution in [1.82, 2.24) is 5.32 Å². The summed E-state index contributed by atoms with van der Waals surface area (Å²) in [5.41, 5.74) is 0. The molecule has 14 heavy (non-hydrogen) atoms. The molecular formula is C10H14ClNOS. The van der Waals surface area contributed by atoms with Crippen LogP contribution in [0.3, 0.4) is 0 Å². The summed E-state index contributed by atoms with van der Waals surface area (Å²) in [5, 5.41) is 13.4. The molecule has 1 aromatic heterocycles. The molecule has 0 saturated carbocycles. The molecule has 2 nitrogen and oxygen atoms in total. The van der Waals surface area contributed by atoms with Gasteiger partial charge in [0, 0.05) is 17.3 Å². The standard InChI is InChI=1S/C10H14ClNOS/c11-9-4-3-8(14-9)10(13)7-2-1-5-12-6-7/h3-4,7,10,12-13H,1-2,5-6H2. The number of hydrogen-bond acceptors (Lipinski definition) is 3. The van der Waals surface area contributed by atoms with Crippen LogP contribution in [0.5, 0.6) is 0 Å². The zero-order valence-corrected chi connectivity index (χ0v) is 9.44. The second-order valence-electron chi connectivity index (χ2n) is 3.69. The van der Waals surface area contributed by atoms with Gasteiger partial charge in [0.2, 0.25) is 0 Å². The van der Waals surface area contributed by atoms with Crippen molar-refractivity contribution in [2.24, 2.45) is 5.92 Å². The molecular weight excluding hydrogens is 218 g/mol. The van der Waals surface area contributed by atoms with Crippen LogP contribution < -0.4 is 5.32 Å². The molecule has 78 valence electrons. The largest absolute Gasteiger partial charge is 0.387 e. The van der Waals surface area contributed by atoms with E-state index in [4.69, 9.17) is 11.6 Å². The summed E-state index contributed by atoms with van der Waals surface area (Å²) in [4.78, 5) is 0.990. The normalized spacial score (nSPS) is 24.9. The first-order valence-corrected chi connectivity index (χ1v) is 6.11. The average molecular weight is 232 g/mol. The first-order valence-electron chi connectivity index (χ1n) is 4.91. The van der Waals surface area contributed by atoms with Crippen LogP contribution >= 0.6 is 22.9 Å². The summed E-state index contributed by atoms with van der Waals surface area (Å²) in [5.74, 6) is 0.346. The predicted molar refractivity (Wildman–Crippen MR) is 59.9 cm³/mol. The van der Waals surface area contributed by atoms with E-state index in [1.165, 1.54) is 11.3 Å². The van der Waals surface area contributed by atoms with Crippen LogP contribution in [0.15, 0.2) is 12.1 Å². The van der Waals surface area contributed by atoms with Crippen molar-refractivity contribution in [1.29, 1.82) is 0 Å². The Bertz CT molecular complexity index is 296. The SMILES string of the molecule is OC(c1ccc(Cl)s1)C1CCCNC1. The fourth-order valence-electron chi connectivity index (χ4n) is 1.87. The highest BCUT2D eigenvalue weighted by Gasteiger charge is 2.23. The highest BCUT2D eigenvalue weighted by molar-refractivity contribution is 7.16. The van der Waals surface area contributed by atoms with Gasteiger partial charge in [0.25, 0.3) is 0 Å². The Morgan fingerprint density at radius 3 is 3.00 bits per heavy atom. The minimum Gasteiger partial charge on any atom is -0.387 e. The smallest absolute Gasteiger partial charge is 0.0932 e. The molecule has 0 spiro atoms. The van der Waals surface area contributed by atoms with Gasteiger partial charge in [-0.2, -0.15) is 0 Å². The molecule has 0 aliphatic carbocycles. The zero-order chi connectivity index (χ0) is 9.97. The summed E-state index contributed by atoms with van der Waals surface area (Å²) in [6.07, 6.45) is 1.91. The molecule has 1 saturated heterocycles. The Morgan fingerprint density at radius 1 is 1.57 bits per heavy atom. The highest BCUT2D eigenvalue weighted by atomic mass is 35.5. The van der Waals surface area contributed by atoms with Crippen LogP contribution in [0.25, 0.3) is 0 Å². The van der Waals surface area contributed by atoms with Gasteiger partial charge in [-0.15, -0.1) is 11.3 Å². The topological polar surface area (TPSA) is 32.3 Å². The van der Waals surface area contributed by atoms with Crippen molar-refractivity contribution < 1.29 is 5.11 Å². The number of thiophene rings is 1. The summed E-state index contributed by atoms with van der Waals surface area (Å²) >= 11 is 7.31. The maximum absolute atomic E-state index is 10.1. The minimum absolute atomic E-state index is 0.346. The van der Waals surface area contributed by atoms with Gasteiger partial charge in [-0.1, -0.05) is 11.6 Å². The summed E-state index contributed by atoms with van der Waals surface area (Å²) < 4.78 is 0.753. The van der Waals surface area contributed by atoms with Crippen LogP contribution in [0.1, 0.15) is 23.8 Å². The lowest BCUT2D eigenvalue weighted by Crippen LogP contribution is -2.33. The summed E-state index contributed by atoms with van der Waals surface area (Å²) in [6.45, 7) is 1.99. The first kappa shape index (κ1) is 10.4. The van der Waals surface area contributed by atoms with E-state index in [2.05, 4.69) is 5.32 Å². The molecule has 2 rings (SSSR count). The first-order chi connectivity index (χ1) is 6.77. The molecule has 1 aromatic rings. The number of piperidine rings is 1. The van der Waals surface area contributed by atoms with E-state index in [-0.39, 0.29) is 6.10 Å². The molecule has 2 unspecified atom stereocenters. The van der Waals surface area contributed by atoms with Gasteiger partial charge in [-0.25, -0.2) is 0 Å². The van der Waals surface area contributed by atoms with Crippen molar-refractivity contribution in [2.75, 3.05) is 13.1 Å². The van der Waals surface area contributed by atoms with E-state index in [0.29, 0.717) is 5.92 Å².